The topological polar surface area (TPSA) is 76.4 Å². The van der Waals surface area contributed by atoms with Crippen LogP contribution in [-0.2, 0) is 4.74 Å². The zero-order valence-electron chi connectivity index (χ0n) is 12.6. The van der Waals surface area contributed by atoms with E-state index < -0.39 is 7.32 Å². The van der Waals surface area contributed by atoms with E-state index in [-0.39, 0.29) is 0 Å². The molecule has 1 heterocycles. The second-order valence-electron chi connectivity index (χ2n) is 5.24. The summed E-state index contributed by atoms with van der Waals surface area (Å²) in [5.41, 5.74) is 0. The van der Waals surface area contributed by atoms with Crippen LogP contribution < -0.4 is 0 Å². The van der Waals surface area contributed by atoms with E-state index in [4.69, 9.17) is 19.8 Å². The van der Waals surface area contributed by atoms with Crippen LogP contribution in [0.5, 0.6) is 0 Å². The van der Waals surface area contributed by atoms with Crippen LogP contribution >= 0.6 is 0 Å². The van der Waals surface area contributed by atoms with Gasteiger partial charge in [0, 0.05) is 0 Å². The fourth-order valence-corrected chi connectivity index (χ4v) is 3.20. The standard InChI is InChI=1S/C11H23N2O.BH3O3.K/c1-10(2)7-13-6-5-12(3)8-11(13)9-14-4;2-1(3)4;/h10-11H,3,5-9H2,1-2,4H3;2-4H;. The molecule has 1 fully saturated rings. The Morgan fingerprint density at radius 1 is 1.32 bits per heavy atom. The number of hydrogen-bond acceptors (Lipinski definition) is 6. The quantitative estimate of drug-likeness (QED) is 0.528. The number of nitrogens with zero attached hydrogens (tertiary/aromatic N) is 2. The van der Waals surface area contributed by atoms with Crippen molar-refractivity contribution in [3.63, 3.8) is 0 Å². The maximum Gasteiger partial charge on any atom is 0.631 e. The van der Waals surface area contributed by atoms with Gasteiger partial charge in [-0.15, -0.1) is 0 Å². The molecule has 108 valence electrons. The summed E-state index contributed by atoms with van der Waals surface area (Å²) >= 11 is 0.949. The van der Waals surface area contributed by atoms with Crippen LogP contribution in [-0.4, -0.2) is 128 Å². The van der Waals surface area contributed by atoms with Crippen LogP contribution in [0.15, 0.2) is 0 Å². The average molecular weight is 300 g/mol. The maximum atomic E-state index is 7.17. The molecule has 19 heavy (non-hydrogen) atoms. The van der Waals surface area contributed by atoms with Crippen molar-refractivity contribution in [2.75, 3.05) is 40.5 Å². The van der Waals surface area contributed by atoms with Gasteiger partial charge in [0.05, 0.1) is 0 Å². The smallest absolute Gasteiger partial charge is 0.402 e. The van der Waals surface area contributed by atoms with E-state index in [1.54, 1.807) is 0 Å². The van der Waals surface area contributed by atoms with Crippen molar-refractivity contribution < 1.29 is 19.8 Å². The molecule has 0 saturated carbocycles. The Balaban J connectivity index is 0.000000711. The zero-order chi connectivity index (χ0) is 14.8. The van der Waals surface area contributed by atoms with Gasteiger partial charge < -0.3 is 15.1 Å². The molecule has 1 unspecified atom stereocenters. The van der Waals surface area contributed by atoms with Gasteiger partial charge in [-0.2, -0.15) is 0 Å². The van der Waals surface area contributed by atoms with Crippen molar-refractivity contribution >= 4 is 56.3 Å². The van der Waals surface area contributed by atoms with E-state index in [0.29, 0.717) is 6.04 Å². The zero-order valence-corrected chi connectivity index (χ0v) is 15.7. The molecule has 1 rings (SSSR count). The molecule has 0 radical (unpaired) electrons. The molecule has 1 atom stereocenters. The Morgan fingerprint density at radius 3 is 2.32 bits per heavy atom. The van der Waals surface area contributed by atoms with Crippen LogP contribution in [0.1, 0.15) is 13.8 Å². The molecule has 3 N–H and O–H groups in total. The minimum Gasteiger partial charge on any atom is -0.402 e. The molecular weight excluding hydrogens is 274 g/mol. The molecule has 8 heteroatoms. The number of methoxy groups -OCH3 is 1. The summed E-state index contributed by atoms with van der Waals surface area (Å²) in [4.78, 5) is 5.20. The van der Waals surface area contributed by atoms with E-state index in [1.807, 2.05) is 7.11 Å². The van der Waals surface area contributed by atoms with E-state index in [9.17, 15) is 0 Å². The van der Waals surface area contributed by atoms with Crippen molar-refractivity contribution in [1.82, 2.24) is 9.80 Å². The van der Waals surface area contributed by atoms with Crippen molar-refractivity contribution in [3.05, 3.63) is 0 Å². The van der Waals surface area contributed by atoms with Gasteiger partial charge in [0.25, 0.3) is 0 Å². The first-order chi connectivity index (χ1) is 8.90. The first-order valence-electron chi connectivity index (χ1n) is 6.90. The van der Waals surface area contributed by atoms with Crippen LogP contribution in [0.3, 0.4) is 0 Å². The summed E-state index contributed by atoms with van der Waals surface area (Å²) in [6.07, 6.45) is 0. The van der Waals surface area contributed by atoms with Gasteiger partial charge in [-0.25, -0.2) is 0 Å². The molecule has 0 amide bonds. The summed E-state index contributed by atoms with van der Waals surface area (Å²) in [6, 6.07) is 0.619. The third-order valence-electron chi connectivity index (χ3n) is 3.09. The van der Waals surface area contributed by atoms with E-state index in [0.717, 1.165) is 61.5 Å². The first kappa shape index (κ1) is 20.5. The molecule has 1 saturated heterocycles. The largest absolute Gasteiger partial charge is 0.631 e. The molecule has 0 aromatic carbocycles. The normalized spacial score (nSPS) is 21.2. The molecule has 0 aromatic rings. The Labute approximate surface area is 150 Å². The van der Waals surface area contributed by atoms with E-state index in [1.165, 1.54) is 26.8 Å². The molecule has 0 aliphatic carbocycles. The maximum absolute atomic E-state index is 7.17. The van der Waals surface area contributed by atoms with Gasteiger partial charge in [0.15, 0.2) is 0 Å². The van der Waals surface area contributed by atoms with Gasteiger partial charge in [-0.05, 0) is 0 Å². The predicted molar refractivity (Wildman–Crippen MR) is 76.7 cm³/mol. The minimum absolute atomic E-state index is 0.619. The second kappa shape index (κ2) is 12.1. The molecule has 0 aromatic heterocycles. The van der Waals surface area contributed by atoms with Gasteiger partial charge in [-0.1, -0.05) is 0 Å². The summed E-state index contributed by atoms with van der Waals surface area (Å²) < 4.78 is 6.68. The number of piperazine rings is 1. The van der Waals surface area contributed by atoms with E-state index >= 15 is 0 Å². The molecule has 0 spiro atoms. The fraction of sp³-hybridized carbons (Fsp3) is 1.00. The summed E-state index contributed by atoms with van der Waals surface area (Å²) in [7, 11) is -0.351. The molecular formula is C11H26BKN2O4. The van der Waals surface area contributed by atoms with Crippen LogP contribution in [0.2, 0.25) is 0 Å². The Kier molecular flexibility index (Phi) is 13.0. The predicted octanol–water partition coefficient (Wildman–Crippen LogP) is -1.65. The summed E-state index contributed by atoms with van der Waals surface area (Å²) in [5, 5.41) is 21.5. The molecule has 6 nitrogen and oxygen atoms in total. The summed E-state index contributed by atoms with van der Waals surface area (Å²) in [6.45, 7) is 10.4. The summed E-state index contributed by atoms with van der Waals surface area (Å²) in [5.74, 6) is 0.759. The SMILES string of the molecule is COCC1CN([CH2][K])CCN1CC(C)C.OB(O)O. The Morgan fingerprint density at radius 2 is 1.89 bits per heavy atom. The van der Waals surface area contributed by atoms with Crippen LogP contribution in [0.4, 0.5) is 0 Å². The third-order valence-corrected chi connectivity index (χ3v) is 4.49. The Bertz CT molecular complexity index is 222. The van der Waals surface area contributed by atoms with Crippen molar-refractivity contribution in [3.8, 4) is 0 Å². The van der Waals surface area contributed by atoms with Gasteiger partial charge in [0.1, 0.15) is 0 Å². The van der Waals surface area contributed by atoms with Gasteiger partial charge in [0.2, 0.25) is 0 Å². The fourth-order valence-electron chi connectivity index (χ4n) is 2.30. The van der Waals surface area contributed by atoms with Gasteiger partial charge in [-0.3, -0.25) is 0 Å². The Hall–Kier alpha value is 1.46. The average Bonchev–Trinajstić information content (AvgIpc) is 2.30. The second-order valence-corrected chi connectivity index (χ2v) is 6.23. The van der Waals surface area contributed by atoms with Crippen LogP contribution in [0, 0.1) is 5.92 Å². The van der Waals surface area contributed by atoms with Gasteiger partial charge >= 0.3 is 137 Å². The number of hydrogen-bond donors (Lipinski definition) is 3. The molecule has 1 aliphatic rings. The van der Waals surface area contributed by atoms with Crippen molar-refractivity contribution in [2.45, 2.75) is 19.9 Å². The van der Waals surface area contributed by atoms with Crippen molar-refractivity contribution in [1.29, 1.82) is 0 Å². The van der Waals surface area contributed by atoms with E-state index in [2.05, 4.69) is 23.6 Å². The number of rotatable bonds is 5. The molecule has 1 aliphatic heterocycles. The van der Waals surface area contributed by atoms with Crippen LogP contribution in [0.25, 0.3) is 0 Å². The van der Waals surface area contributed by atoms with Crippen molar-refractivity contribution in [2.24, 2.45) is 5.92 Å². The molecule has 0 bridgehead atoms. The minimum atomic E-state index is -2.17. The monoisotopic (exact) mass is 300 g/mol. The third kappa shape index (κ3) is 10.8. The number of ether oxygens (including phenoxy) is 1. The first-order valence-corrected chi connectivity index (χ1v) is 9.11.